The second kappa shape index (κ2) is 8.35. The minimum atomic E-state index is -2.85. The summed E-state index contributed by atoms with van der Waals surface area (Å²) in [6.07, 6.45) is 0. The van der Waals surface area contributed by atoms with Gasteiger partial charge in [-0.25, -0.2) is 0 Å². The van der Waals surface area contributed by atoms with Gasteiger partial charge < -0.3 is 10.1 Å². The highest BCUT2D eigenvalue weighted by atomic mass is 32.1. The number of hydrogen-bond acceptors (Lipinski definition) is 3. The van der Waals surface area contributed by atoms with Crippen LogP contribution in [0.2, 0.25) is 0 Å². The third-order valence-corrected chi connectivity index (χ3v) is 3.39. The minimum Gasteiger partial charge on any atom is -0.435 e. The van der Waals surface area contributed by atoms with Crippen molar-refractivity contribution in [2.75, 3.05) is 0 Å². The number of thiocarbonyl (C=S) groups is 1. The van der Waals surface area contributed by atoms with E-state index in [9.17, 15) is 13.6 Å². The molecule has 4 nitrogen and oxygen atoms in total. The van der Waals surface area contributed by atoms with E-state index in [4.69, 9.17) is 12.2 Å². The molecule has 0 aliphatic rings. The Kier molecular flexibility index (Phi) is 6.20. The van der Waals surface area contributed by atoms with Crippen molar-refractivity contribution in [2.45, 2.75) is 20.1 Å². The number of aryl methyl sites for hydroxylation is 1. The van der Waals surface area contributed by atoms with Crippen LogP contribution in [0.5, 0.6) is 5.75 Å². The maximum absolute atomic E-state index is 12.1. The maximum Gasteiger partial charge on any atom is 0.387 e. The third kappa shape index (κ3) is 5.58. The number of ether oxygens (including phenoxy) is 1. The molecule has 0 spiro atoms. The first kappa shape index (κ1) is 17.8. The summed E-state index contributed by atoms with van der Waals surface area (Å²) >= 11 is 5.07. The van der Waals surface area contributed by atoms with Crippen molar-refractivity contribution in [2.24, 2.45) is 0 Å². The molecule has 0 fully saturated rings. The second-order valence-corrected chi connectivity index (χ2v) is 5.43. The van der Waals surface area contributed by atoms with Gasteiger partial charge in [-0.05, 0) is 49.0 Å². The summed E-state index contributed by atoms with van der Waals surface area (Å²) in [5, 5.41) is 5.65. The van der Waals surface area contributed by atoms with Crippen molar-refractivity contribution in [3.63, 3.8) is 0 Å². The Morgan fingerprint density at radius 3 is 2.33 bits per heavy atom. The lowest BCUT2D eigenvalue weighted by Crippen LogP contribution is -2.38. The van der Waals surface area contributed by atoms with Gasteiger partial charge in [-0.15, -0.1) is 0 Å². The van der Waals surface area contributed by atoms with E-state index in [1.807, 2.05) is 19.1 Å². The molecule has 0 bridgehead atoms. The van der Waals surface area contributed by atoms with Gasteiger partial charge in [0, 0.05) is 12.1 Å². The van der Waals surface area contributed by atoms with Crippen LogP contribution in [0.4, 0.5) is 8.78 Å². The Balaban J connectivity index is 1.82. The summed E-state index contributed by atoms with van der Waals surface area (Å²) in [5.74, 6) is -0.211. The van der Waals surface area contributed by atoms with E-state index in [-0.39, 0.29) is 16.8 Å². The van der Waals surface area contributed by atoms with Crippen molar-refractivity contribution in [3.05, 3.63) is 65.2 Å². The smallest absolute Gasteiger partial charge is 0.387 e. The molecule has 0 aromatic heterocycles. The number of halogens is 2. The lowest BCUT2D eigenvalue weighted by molar-refractivity contribution is -0.0498. The van der Waals surface area contributed by atoms with Crippen molar-refractivity contribution >= 4 is 23.2 Å². The van der Waals surface area contributed by atoms with Gasteiger partial charge in [-0.2, -0.15) is 8.78 Å². The van der Waals surface area contributed by atoms with Crippen molar-refractivity contribution in [3.8, 4) is 5.75 Å². The van der Waals surface area contributed by atoms with Gasteiger partial charge in [0.05, 0.1) is 0 Å². The molecule has 0 atom stereocenters. The highest BCUT2D eigenvalue weighted by Crippen LogP contribution is 2.14. The van der Waals surface area contributed by atoms with E-state index in [1.165, 1.54) is 12.1 Å². The van der Waals surface area contributed by atoms with Crippen molar-refractivity contribution < 1.29 is 18.3 Å². The number of benzene rings is 2. The molecular weight excluding hydrogens is 334 g/mol. The molecule has 1 amide bonds. The third-order valence-electron chi connectivity index (χ3n) is 3.14. The van der Waals surface area contributed by atoms with Gasteiger partial charge >= 0.3 is 6.61 Å². The van der Waals surface area contributed by atoms with Gasteiger partial charge in [-0.1, -0.05) is 29.8 Å². The van der Waals surface area contributed by atoms with Crippen LogP contribution < -0.4 is 15.4 Å². The Hall–Kier alpha value is -2.54. The van der Waals surface area contributed by atoms with Crippen molar-refractivity contribution in [1.82, 2.24) is 10.6 Å². The normalized spacial score (nSPS) is 10.3. The zero-order chi connectivity index (χ0) is 17.5. The van der Waals surface area contributed by atoms with Crippen LogP contribution in [0.25, 0.3) is 0 Å². The van der Waals surface area contributed by atoms with E-state index in [0.717, 1.165) is 11.1 Å². The first-order valence-electron chi connectivity index (χ1n) is 7.13. The zero-order valence-corrected chi connectivity index (χ0v) is 13.7. The molecule has 2 aromatic carbocycles. The van der Waals surface area contributed by atoms with Crippen molar-refractivity contribution in [1.29, 1.82) is 0 Å². The molecule has 24 heavy (non-hydrogen) atoms. The van der Waals surface area contributed by atoms with Crippen LogP contribution in [0.15, 0.2) is 48.5 Å². The van der Waals surface area contributed by atoms with E-state index in [2.05, 4.69) is 15.4 Å². The van der Waals surface area contributed by atoms with E-state index in [1.54, 1.807) is 24.3 Å². The lowest BCUT2D eigenvalue weighted by Gasteiger charge is -2.10. The molecule has 2 aromatic rings. The molecule has 7 heteroatoms. The summed E-state index contributed by atoms with van der Waals surface area (Å²) < 4.78 is 28.4. The number of nitrogens with one attached hydrogen (secondary N) is 2. The Labute approximate surface area is 143 Å². The zero-order valence-electron chi connectivity index (χ0n) is 12.9. The predicted octanol–water partition coefficient (Wildman–Crippen LogP) is 3.40. The van der Waals surface area contributed by atoms with E-state index >= 15 is 0 Å². The van der Waals surface area contributed by atoms with Gasteiger partial charge in [0.25, 0.3) is 5.91 Å². The minimum absolute atomic E-state index is 0.0870. The Morgan fingerprint density at radius 1 is 1.12 bits per heavy atom. The predicted molar refractivity (Wildman–Crippen MR) is 91.2 cm³/mol. The summed E-state index contributed by atoms with van der Waals surface area (Å²) in [5.41, 5.74) is 2.38. The number of alkyl halides is 2. The summed E-state index contributed by atoms with van der Waals surface area (Å²) in [6.45, 7) is -0.563. The quantitative estimate of drug-likeness (QED) is 0.812. The average molecular weight is 350 g/mol. The van der Waals surface area contributed by atoms with E-state index < -0.39 is 6.61 Å². The molecule has 0 unspecified atom stereocenters. The van der Waals surface area contributed by atoms with Gasteiger partial charge in [0.1, 0.15) is 5.75 Å². The molecule has 0 saturated carbocycles. The lowest BCUT2D eigenvalue weighted by atomic mass is 10.1. The highest BCUT2D eigenvalue weighted by molar-refractivity contribution is 7.80. The number of rotatable bonds is 5. The second-order valence-electron chi connectivity index (χ2n) is 5.03. The van der Waals surface area contributed by atoms with Crippen LogP contribution in [0.3, 0.4) is 0 Å². The molecule has 0 heterocycles. The fourth-order valence-electron chi connectivity index (χ4n) is 1.90. The molecule has 0 saturated heterocycles. The molecule has 0 aliphatic carbocycles. The number of hydrogen-bond donors (Lipinski definition) is 2. The average Bonchev–Trinajstić information content (AvgIpc) is 2.54. The van der Waals surface area contributed by atoms with Crippen LogP contribution in [-0.2, 0) is 6.54 Å². The SMILES string of the molecule is Cc1ccc(C(=O)NC(=S)NCc2ccc(OC(F)F)cc2)cc1. The summed E-state index contributed by atoms with van der Waals surface area (Å²) in [4.78, 5) is 12.0. The Bertz CT molecular complexity index is 704. The van der Waals surface area contributed by atoms with Gasteiger partial charge in [0.2, 0.25) is 0 Å². The first-order valence-corrected chi connectivity index (χ1v) is 7.54. The molecule has 2 N–H and O–H groups in total. The fraction of sp³-hybridized carbons (Fsp3) is 0.176. The molecule has 0 aliphatic heterocycles. The highest BCUT2D eigenvalue weighted by Gasteiger charge is 2.07. The molecular formula is C17H16F2N2O2S. The monoisotopic (exact) mass is 350 g/mol. The first-order chi connectivity index (χ1) is 11.4. The summed E-state index contributed by atoms with van der Waals surface area (Å²) in [7, 11) is 0. The number of carbonyl (C=O) groups is 1. The molecule has 0 radical (unpaired) electrons. The van der Waals surface area contributed by atoms with Gasteiger partial charge in [0.15, 0.2) is 5.11 Å². The van der Waals surface area contributed by atoms with Crippen LogP contribution in [0.1, 0.15) is 21.5 Å². The maximum atomic E-state index is 12.1. The van der Waals surface area contributed by atoms with Crippen LogP contribution in [-0.4, -0.2) is 17.6 Å². The van der Waals surface area contributed by atoms with Crippen LogP contribution >= 0.6 is 12.2 Å². The standard InChI is InChI=1S/C17H16F2N2O2S/c1-11-2-6-13(7-3-11)15(22)21-17(24)20-10-12-4-8-14(9-5-12)23-16(18)19/h2-9,16H,10H2,1H3,(H2,20,21,22,24). The molecule has 126 valence electrons. The Morgan fingerprint density at radius 2 is 1.75 bits per heavy atom. The van der Waals surface area contributed by atoms with E-state index in [0.29, 0.717) is 12.1 Å². The topological polar surface area (TPSA) is 50.4 Å². The molecule has 2 rings (SSSR count). The number of amides is 1. The number of carbonyl (C=O) groups excluding carboxylic acids is 1. The summed E-state index contributed by atoms with van der Waals surface area (Å²) in [6, 6.07) is 13.3. The van der Waals surface area contributed by atoms with Crippen LogP contribution in [0, 0.1) is 6.92 Å². The fourth-order valence-corrected chi connectivity index (χ4v) is 2.06. The van der Waals surface area contributed by atoms with Gasteiger partial charge in [-0.3, -0.25) is 10.1 Å². The largest absolute Gasteiger partial charge is 0.435 e.